The largest absolute Gasteiger partial charge is 0.343 e. The van der Waals surface area contributed by atoms with Gasteiger partial charge in [0, 0.05) is 25.7 Å². The molecular weight excluding hydrogens is 264 g/mol. The zero-order valence-corrected chi connectivity index (χ0v) is 11.2. The number of likely N-dealkylation sites (N-methyl/N-ethyl adjacent to an activating group) is 1. The van der Waals surface area contributed by atoms with Crippen molar-refractivity contribution in [1.82, 2.24) is 9.47 Å². The van der Waals surface area contributed by atoms with Crippen LogP contribution in [-0.2, 0) is 11.3 Å². The number of nitro groups is 1. The Kier molecular flexibility index (Phi) is 4.97. The number of amides is 1. The molecule has 0 aliphatic heterocycles. The second-order valence-electron chi connectivity index (χ2n) is 4.21. The molecule has 0 saturated carbocycles. The fraction of sp³-hybridized carbons (Fsp3) is 0.417. The Balaban J connectivity index is 3.01. The predicted molar refractivity (Wildman–Crippen MR) is 70.0 cm³/mol. The smallest absolute Gasteiger partial charge is 0.288 e. The molecule has 0 aromatic carbocycles. The number of carbonyl (C=O) groups is 1. The van der Waals surface area contributed by atoms with E-state index in [1.54, 1.807) is 0 Å². The molecule has 0 bridgehead atoms. The van der Waals surface area contributed by atoms with Gasteiger partial charge in [-0.3, -0.25) is 24.3 Å². The summed E-state index contributed by atoms with van der Waals surface area (Å²) in [5.74, 6) is -0.383. The molecule has 106 valence electrons. The molecule has 1 aromatic rings. The summed E-state index contributed by atoms with van der Waals surface area (Å²) in [5, 5.41) is 19.3. The first kappa shape index (κ1) is 15.4. The molecule has 8 heteroatoms. The van der Waals surface area contributed by atoms with E-state index in [0.29, 0.717) is 0 Å². The quantitative estimate of drug-likeness (QED) is 0.573. The monoisotopic (exact) mass is 278 g/mol. The first-order valence-electron chi connectivity index (χ1n) is 5.84. The highest BCUT2D eigenvalue weighted by Crippen LogP contribution is 2.14. The van der Waals surface area contributed by atoms with E-state index < -0.39 is 10.5 Å². The lowest BCUT2D eigenvalue weighted by atomic mass is 10.3. The molecule has 0 aliphatic rings. The zero-order valence-electron chi connectivity index (χ0n) is 11.2. The third kappa shape index (κ3) is 3.41. The first-order valence-corrected chi connectivity index (χ1v) is 5.84. The number of hydrogen-bond acceptors (Lipinski definition) is 5. The number of hydrogen-bond donors (Lipinski definition) is 0. The molecule has 1 amide bonds. The van der Waals surface area contributed by atoms with E-state index in [0.717, 1.165) is 16.7 Å². The summed E-state index contributed by atoms with van der Waals surface area (Å²) in [6.07, 6.45) is 0.186. The number of nitrogens with zero attached hydrogens (tertiary/aromatic N) is 4. The van der Waals surface area contributed by atoms with Gasteiger partial charge in [0.1, 0.15) is 6.54 Å². The fourth-order valence-electron chi connectivity index (χ4n) is 1.65. The minimum Gasteiger partial charge on any atom is -0.343 e. The van der Waals surface area contributed by atoms with Gasteiger partial charge in [-0.2, -0.15) is 5.26 Å². The molecule has 1 rings (SSSR count). The Morgan fingerprint density at radius 3 is 2.75 bits per heavy atom. The summed E-state index contributed by atoms with van der Waals surface area (Å²) >= 11 is 0. The van der Waals surface area contributed by atoms with Crippen LogP contribution in [0.3, 0.4) is 0 Å². The SMILES string of the molecule is Cc1c([N+](=O)[O-])ccc(=O)n1CC(=O)N(C)CCC#N. The van der Waals surface area contributed by atoms with Gasteiger partial charge in [-0.15, -0.1) is 0 Å². The Bertz CT molecular complexity index is 629. The predicted octanol–water partition coefficient (Wildman–Crippen LogP) is 0.437. The highest BCUT2D eigenvalue weighted by Gasteiger charge is 2.18. The van der Waals surface area contributed by atoms with E-state index in [9.17, 15) is 19.7 Å². The summed E-state index contributed by atoms with van der Waals surface area (Å²) in [4.78, 5) is 35.1. The summed E-state index contributed by atoms with van der Waals surface area (Å²) in [5.41, 5.74) is -0.559. The normalized spacial score (nSPS) is 9.85. The van der Waals surface area contributed by atoms with Crippen molar-refractivity contribution in [2.75, 3.05) is 13.6 Å². The van der Waals surface area contributed by atoms with Crippen LogP contribution in [0.4, 0.5) is 5.69 Å². The molecule has 0 unspecified atom stereocenters. The summed E-state index contributed by atoms with van der Waals surface area (Å²) in [7, 11) is 1.51. The number of nitriles is 1. The Hall–Kier alpha value is -2.69. The minimum absolute atomic E-state index is 0.129. The lowest BCUT2D eigenvalue weighted by Crippen LogP contribution is -2.35. The van der Waals surface area contributed by atoms with Crippen LogP contribution in [0, 0.1) is 28.4 Å². The summed E-state index contributed by atoms with van der Waals surface area (Å²) in [6.45, 7) is 1.38. The molecule has 20 heavy (non-hydrogen) atoms. The molecule has 8 nitrogen and oxygen atoms in total. The molecule has 0 radical (unpaired) electrons. The van der Waals surface area contributed by atoms with Gasteiger partial charge in [-0.25, -0.2) is 0 Å². The minimum atomic E-state index is -0.602. The summed E-state index contributed by atoms with van der Waals surface area (Å²) in [6, 6.07) is 4.10. The fourth-order valence-corrected chi connectivity index (χ4v) is 1.65. The van der Waals surface area contributed by atoms with Crippen LogP contribution < -0.4 is 5.56 Å². The standard InChI is InChI=1S/C12H14N4O4/c1-9-10(16(19)20)4-5-11(17)15(9)8-12(18)14(2)7-3-6-13/h4-5H,3,7-8H2,1-2H3. The number of pyridine rings is 1. The average molecular weight is 278 g/mol. The molecule has 0 spiro atoms. The van der Waals surface area contributed by atoms with Crippen molar-refractivity contribution < 1.29 is 9.72 Å². The van der Waals surface area contributed by atoms with Gasteiger partial charge in [0.2, 0.25) is 5.91 Å². The van der Waals surface area contributed by atoms with Crippen LogP contribution in [0.5, 0.6) is 0 Å². The van der Waals surface area contributed by atoms with Crippen LogP contribution in [0.2, 0.25) is 0 Å². The van der Waals surface area contributed by atoms with Crippen LogP contribution in [0.25, 0.3) is 0 Å². The Morgan fingerprint density at radius 2 is 2.20 bits per heavy atom. The second kappa shape index (κ2) is 6.47. The van der Waals surface area contributed by atoms with E-state index in [2.05, 4.69) is 0 Å². The van der Waals surface area contributed by atoms with Gasteiger partial charge in [0.05, 0.1) is 23.1 Å². The lowest BCUT2D eigenvalue weighted by Gasteiger charge is -2.17. The van der Waals surface area contributed by atoms with E-state index >= 15 is 0 Å². The van der Waals surface area contributed by atoms with E-state index in [1.807, 2.05) is 6.07 Å². The number of aromatic nitrogens is 1. The third-order valence-electron chi connectivity index (χ3n) is 2.90. The van der Waals surface area contributed by atoms with Gasteiger partial charge in [0.25, 0.3) is 11.2 Å². The second-order valence-corrected chi connectivity index (χ2v) is 4.21. The van der Waals surface area contributed by atoms with Crippen LogP contribution in [0.15, 0.2) is 16.9 Å². The summed E-state index contributed by atoms with van der Waals surface area (Å²) < 4.78 is 1.06. The van der Waals surface area contributed by atoms with Crippen molar-refractivity contribution in [1.29, 1.82) is 5.26 Å². The Morgan fingerprint density at radius 1 is 1.55 bits per heavy atom. The van der Waals surface area contributed by atoms with E-state index in [1.165, 1.54) is 18.9 Å². The number of rotatable bonds is 5. The van der Waals surface area contributed by atoms with Gasteiger partial charge in [0.15, 0.2) is 0 Å². The van der Waals surface area contributed by atoms with Crippen molar-refractivity contribution in [3.05, 3.63) is 38.3 Å². The van der Waals surface area contributed by atoms with Crippen LogP contribution in [-0.4, -0.2) is 33.9 Å². The molecule has 0 saturated heterocycles. The number of carbonyl (C=O) groups excluding carboxylic acids is 1. The molecule has 0 fully saturated rings. The molecule has 0 aliphatic carbocycles. The first-order chi connectivity index (χ1) is 9.38. The highest BCUT2D eigenvalue weighted by molar-refractivity contribution is 5.75. The van der Waals surface area contributed by atoms with E-state index in [-0.39, 0.29) is 36.8 Å². The van der Waals surface area contributed by atoms with Gasteiger partial charge >= 0.3 is 0 Å². The van der Waals surface area contributed by atoms with E-state index in [4.69, 9.17) is 5.26 Å². The van der Waals surface area contributed by atoms with Gasteiger partial charge < -0.3 is 4.90 Å². The zero-order chi connectivity index (χ0) is 15.3. The maximum atomic E-state index is 11.9. The average Bonchev–Trinajstić information content (AvgIpc) is 2.39. The lowest BCUT2D eigenvalue weighted by molar-refractivity contribution is -0.386. The van der Waals surface area contributed by atoms with Crippen LogP contribution in [0.1, 0.15) is 12.1 Å². The molecular formula is C12H14N4O4. The third-order valence-corrected chi connectivity index (χ3v) is 2.90. The highest BCUT2D eigenvalue weighted by atomic mass is 16.6. The van der Waals surface area contributed by atoms with Gasteiger partial charge in [-0.1, -0.05) is 0 Å². The van der Waals surface area contributed by atoms with Crippen LogP contribution >= 0.6 is 0 Å². The van der Waals surface area contributed by atoms with Crippen molar-refractivity contribution in [2.45, 2.75) is 19.9 Å². The van der Waals surface area contributed by atoms with Crippen molar-refractivity contribution in [3.8, 4) is 6.07 Å². The molecule has 1 heterocycles. The molecule has 0 atom stereocenters. The topological polar surface area (TPSA) is 109 Å². The van der Waals surface area contributed by atoms with Crippen molar-refractivity contribution in [3.63, 3.8) is 0 Å². The maximum absolute atomic E-state index is 11.9. The van der Waals surface area contributed by atoms with Gasteiger partial charge in [-0.05, 0) is 6.92 Å². The Labute approximate surface area is 115 Å². The maximum Gasteiger partial charge on any atom is 0.288 e. The van der Waals surface area contributed by atoms with Crippen molar-refractivity contribution in [2.24, 2.45) is 0 Å². The van der Waals surface area contributed by atoms with Crippen molar-refractivity contribution >= 4 is 11.6 Å². The molecule has 0 N–H and O–H groups in total. The molecule has 1 aromatic heterocycles.